The van der Waals surface area contributed by atoms with Crippen molar-refractivity contribution in [1.82, 2.24) is 19.7 Å². The molecule has 0 saturated heterocycles. The molecule has 11 heteroatoms. The quantitative estimate of drug-likeness (QED) is 0.633. The molecule has 162 valence electrons. The number of hydrogen-bond acceptors (Lipinski definition) is 4. The SMILES string of the molecule is C[C@@H]1Cc2nn3c(c2CN1C(=O)Nc1ccnc(Br)c1F)C(F)(F)CCC(CO)C3. The minimum atomic E-state index is -3.10. The zero-order valence-electron chi connectivity index (χ0n) is 16.2. The number of aliphatic hydroxyl groups excluding tert-OH is 1. The van der Waals surface area contributed by atoms with E-state index in [-0.39, 0.29) is 60.5 Å². The van der Waals surface area contributed by atoms with E-state index in [9.17, 15) is 23.1 Å². The summed E-state index contributed by atoms with van der Waals surface area (Å²) >= 11 is 2.97. The summed E-state index contributed by atoms with van der Waals surface area (Å²) in [5.41, 5.74) is 0.640. The van der Waals surface area contributed by atoms with Crippen LogP contribution < -0.4 is 5.32 Å². The van der Waals surface area contributed by atoms with Crippen molar-refractivity contribution in [2.24, 2.45) is 5.92 Å². The molecule has 0 saturated carbocycles. The van der Waals surface area contributed by atoms with Gasteiger partial charge < -0.3 is 15.3 Å². The monoisotopic (exact) mass is 487 g/mol. The largest absolute Gasteiger partial charge is 0.396 e. The maximum Gasteiger partial charge on any atom is 0.322 e. The van der Waals surface area contributed by atoms with Gasteiger partial charge in [0.05, 0.1) is 17.9 Å². The maximum absolute atomic E-state index is 14.9. The van der Waals surface area contributed by atoms with Crippen LogP contribution >= 0.6 is 15.9 Å². The van der Waals surface area contributed by atoms with E-state index in [1.807, 2.05) is 0 Å². The van der Waals surface area contributed by atoms with E-state index >= 15 is 0 Å². The Labute approximate surface area is 179 Å². The summed E-state index contributed by atoms with van der Waals surface area (Å²) in [6.45, 7) is 1.77. The number of rotatable bonds is 2. The highest BCUT2D eigenvalue weighted by Crippen LogP contribution is 2.42. The zero-order valence-corrected chi connectivity index (χ0v) is 17.8. The van der Waals surface area contributed by atoms with Crippen molar-refractivity contribution in [3.8, 4) is 0 Å². The predicted molar refractivity (Wildman–Crippen MR) is 106 cm³/mol. The first-order valence-corrected chi connectivity index (χ1v) is 10.5. The number of hydrogen-bond donors (Lipinski definition) is 2. The lowest BCUT2D eigenvalue weighted by Crippen LogP contribution is -2.45. The van der Waals surface area contributed by atoms with E-state index in [0.29, 0.717) is 17.7 Å². The van der Waals surface area contributed by atoms with Gasteiger partial charge in [-0.15, -0.1) is 0 Å². The number of carbonyl (C=O) groups excluding carboxylic acids is 1. The number of anilines is 1. The molecule has 2 atom stereocenters. The van der Waals surface area contributed by atoms with Crippen molar-refractivity contribution >= 4 is 27.6 Å². The topological polar surface area (TPSA) is 83.3 Å². The maximum atomic E-state index is 14.9. The number of nitrogens with one attached hydrogen (secondary N) is 1. The molecule has 30 heavy (non-hydrogen) atoms. The smallest absolute Gasteiger partial charge is 0.322 e. The van der Waals surface area contributed by atoms with Gasteiger partial charge in [-0.2, -0.15) is 13.9 Å². The van der Waals surface area contributed by atoms with Crippen LogP contribution in [0.4, 0.5) is 23.7 Å². The van der Waals surface area contributed by atoms with Crippen LogP contribution in [-0.4, -0.2) is 43.5 Å². The highest BCUT2D eigenvalue weighted by atomic mass is 79.9. The van der Waals surface area contributed by atoms with Crippen LogP contribution in [0.1, 0.15) is 36.7 Å². The van der Waals surface area contributed by atoms with Crippen LogP contribution in [0.25, 0.3) is 0 Å². The second kappa shape index (κ2) is 7.84. The predicted octanol–water partition coefficient (Wildman–Crippen LogP) is 3.65. The van der Waals surface area contributed by atoms with E-state index in [2.05, 4.69) is 31.3 Å². The lowest BCUT2D eigenvalue weighted by Gasteiger charge is -2.33. The average molecular weight is 488 g/mol. The average Bonchev–Trinajstić information content (AvgIpc) is 2.99. The van der Waals surface area contributed by atoms with Gasteiger partial charge in [0.2, 0.25) is 0 Å². The van der Waals surface area contributed by atoms with Crippen molar-refractivity contribution < 1.29 is 23.1 Å². The molecule has 0 spiro atoms. The van der Waals surface area contributed by atoms with E-state index in [0.717, 1.165) is 0 Å². The molecule has 2 aliphatic rings. The molecule has 2 aliphatic heterocycles. The number of amides is 2. The van der Waals surface area contributed by atoms with Crippen molar-refractivity contribution in [2.75, 3.05) is 11.9 Å². The first-order valence-electron chi connectivity index (χ1n) is 9.66. The molecule has 4 rings (SSSR count). The van der Waals surface area contributed by atoms with Gasteiger partial charge in [-0.05, 0) is 35.3 Å². The number of halogens is 4. The third kappa shape index (κ3) is 3.68. The van der Waals surface area contributed by atoms with Crippen molar-refractivity contribution in [1.29, 1.82) is 0 Å². The Morgan fingerprint density at radius 2 is 2.23 bits per heavy atom. The van der Waals surface area contributed by atoms with Crippen molar-refractivity contribution in [2.45, 2.75) is 51.2 Å². The summed E-state index contributed by atoms with van der Waals surface area (Å²) in [5.74, 6) is -4.10. The van der Waals surface area contributed by atoms with Gasteiger partial charge in [0, 0.05) is 49.7 Å². The molecule has 2 aromatic rings. The molecule has 0 aromatic carbocycles. The van der Waals surface area contributed by atoms with Crippen molar-refractivity contribution in [3.05, 3.63) is 39.6 Å². The second-order valence-corrected chi connectivity index (χ2v) is 8.57. The summed E-state index contributed by atoms with van der Waals surface area (Å²) in [7, 11) is 0. The molecule has 1 unspecified atom stereocenters. The minimum absolute atomic E-state index is 0.0330. The first-order chi connectivity index (χ1) is 14.2. The lowest BCUT2D eigenvalue weighted by atomic mass is 9.96. The second-order valence-electron chi connectivity index (χ2n) is 7.82. The molecule has 4 heterocycles. The van der Waals surface area contributed by atoms with Gasteiger partial charge in [-0.25, -0.2) is 14.2 Å². The molecule has 2 aromatic heterocycles. The highest BCUT2D eigenvalue weighted by molar-refractivity contribution is 9.10. The molecule has 0 fully saturated rings. The third-order valence-corrected chi connectivity index (χ3v) is 6.29. The fourth-order valence-corrected chi connectivity index (χ4v) is 4.43. The molecule has 0 radical (unpaired) electrons. The molecule has 7 nitrogen and oxygen atoms in total. The molecule has 0 aliphatic carbocycles. The number of aromatic nitrogens is 3. The Morgan fingerprint density at radius 3 is 2.97 bits per heavy atom. The summed E-state index contributed by atoms with van der Waals surface area (Å²) in [4.78, 5) is 18.0. The van der Waals surface area contributed by atoms with Crippen LogP contribution in [-0.2, 0) is 25.4 Å². The van der Waals surface area contributed by atoms with Gasteiger partial charge in [0.15, 0.2) is 5.82 Å². The Morgan fingerprint density at radius 1 is 1.47 bits per heavy atom. The number of carbonyl (C=O) groups is 1. The van der Waals surface area contributed by atoms with Crippen LogP contribution in [0.5, 0.6) is 0 Å². The van der Waals surface area contributed by atoms with Crippen LogP contribution in [0.2, 0.25) is 0 Å². The standard InChI is InChI=1S/C19H21BrF3N5O2/c1-10-6-14-12(16-19(22,23)4-2-11(9-29)7-28(16)26-14)8-27(10)18(30)25-13-3-5-24-17(20)15(13)21/h3,5,10-11,29H,2,4,6-9H2,1H3,(H,24,25,30)/t10-,11?/m1/s1. The van der Waals surface area contributed by atoms with Crippen LogP contribution in [0.15, 0.2) is 16.9 Å². The van der Waals surface area contributed by atoms with Crippen LogP contribution in [0, 0.1) is 11.7 Å². The fourth-order valence-electron chi connectivity index (χ4n) is 4.10. The Balaban J connectivity index is 1.64. The van der Waals surface area contributed by atoms with E-state index in [1.54, 1.807) is 6.92 Å². The number of fused-ring (bicyclic) bond motifs is 3. The van der Waals surface area contributed by atoms with Crippen LogP contribution in [0.3, 0.4) is 0 Å². The first kappa shape index (κ1) is 21.1. The number of aliphatic hydroxyl groups is 1. The van der Waals surface area contributed by atoms with Gasteiger partial charge in [0.1, 0.15) is 10.3 Å². The Kier molecular flexibility index (Phi) is 5.52. The molecule has 2 amide bonds. The number of urea groups is 1. The summed E-state index contributed by atoms with van der Waals surface area (Å²) < 4.78 is 45.3. The summed E-state index contributed by atoms with van der Waals surface area (Å²) in [5, 5.41) is 16.4. The molecular formula is C19H21BrF3N5O2. The Hall–Kier alpha value is -2.14. The van der Waals surface area contributed by atoms with Gasteiger partial charge >= 0.3 is 6.03 Å². The third-order valence-electron chi connectivity index (χ3n) is 5.73. The minimum Gasteiger partial charge on any atom is -0.396 e. The normalized spacial score (nSPS) is 22.8. The van der Waals surface area contributed by atoms with E-state index in [1.165, 1.54) is 21.8 Å². The van der Waals surface area contributed by atoms with E-state index < -0.39 is 17.8 Å². The number of alkyl halides is 2. The summed E-state index contributed by atoms with van der Waals surface area (Å²) in [6.07, 6.45) is 1.47. The molecular weight excluding hydrogens is 467 g/mol. The van der Waals surface area contributed by atoms with Gasteiger partial charge in [-0.3, -0.25) is 4.68 Å². The highest BCUT2D eigenvalue weighted by Gasteiger charge is 2.44. The van der Waals surface area contributed by atoms with Gasteiger partial charge in [-0.1, -0.05) is 0 Å². The van der Waals surface area contributed by atoms with Crippen molar-refractivity contribution in [3.63, 3.8) is 0 Å². The fraction of sp³-hybridized carbons (Fsp3) is 0.526. The molecule has 0 bridgehead atoms. The summed E-state index contributed by atoms with van der Waals surface area (Å²) in [6, 6.07) is 0.426. The Bertz CT molecular complexity index is 983. The van der Waals surface area contributed by atoms with E-state index in [4.69, 9.17) is 0 Å². The lowest BCUT2D eigenvalue weighted by molar-refractivity contribution is -0.0227. The number of pyridine rings is 1. The number of nitrogens with zero attached hydrogens (tertiary/aromatic N) is 4. The zero-order chi connectivity index (χ0) is 21.6. The molecule has 2 N–H and O–H groups in total. The van der Waals surface area contributed by atoms with Gasteiger partial charge in [0.25, 0.3) is 5.92 Å².